The number of nitrogens with zero attached hydrogens (tertiary/aromatic N) is 3. The largest absolute Gasteiger partial charge is 0.465 e. The summed E-state index contributed by atoms with van der Waals surface area (Å²) >= 11 is 0. The predicted octanol–water partition coefficient (Wildman–Crippen LogP) is 2.19. The van der Waals surface area contributed by atoms with E-state index in [1.165, 1.54) is 0 Å². The lowest BCUT2D eigenvalue weighted by Gasteiger charge is -2.52. The fraction of sp³-hybridized carbons (Fsp3) is 0.529. The summed E-state index contributed by atoms with van der Waals surface area (Å²) in [5.41, 5.74) is -0.0840. The highest BCUT2D eigenvalue weighted by molar-refractivity contribution is 5.09. The molecule has 0 unspecified atom stereocenters. The number of hydrogen-bond donors (Lipinski definition) is 0. The van der Waals surface area contributed by atoms with Crippen molar-refractivity contribution in [1.82, 2.24) is 14.9 Å². The lowest BCUT2D eigenvalue weighted by atomic mass is 9.84. The van der Waals surface area contributed by atoms with E-state index in [-0.39, 0.29) is 11.7 Å². The van der Waals surface area contributed by atoms with E-state index in [0.717, 1.165) is 50.6 Å². The molecule has 4 heterocycles. The first-order valence-corrected chi connectivity index (χ1v) is 8.06. The molecule has 122 valence electrons. The van der Waals surface area contributed by atoms with Crippen molar-refractivity contribution in [3.63, 3.8) is 0 Å². The van der Waals surface area contributed by atoms with Crippen molar-refractivity contribution >= 4 is 0 Å². The van der Waals surface area contributed by atoms with E-state index >= 15 is 0 Å². The van der Waals surface area contributed by atoms with Crippen molar-refractivity contribution in [2.24, 2.45) is 0 Å². The van der Waals surface area contributed by atoms with Crippen LogP contribution in [0, 0.1) is 6.92 Å². The second-order valence-electron chi connectivity index (χ2n) is 6.45. The number of likely N-dealkylation sites (tertiary alicyclic amines) is 1. The van der Waals surface area contributed by atoms with Gasteiger partial charge in [0.2, 0.25) is 0 Å². The third-order valence-corrected chi connectivity index (χ3v) is 4.46. The van der Waals surface area contributed by atoms with Gasteiger partial charge in [-0.25, -0.2) is 9.97 Å². The summed E-state index contributed by atoms with van der Waals surface area (Å²) in [6, 6.07) is 6.29. The molecule has 0 amide bonds. The Bertz CT molecular complexity index is 652. The van der Waals surface area contributed by atoms with Gasteiger partial charge in [-0.15, -0.1) is 0 Å². The summed E-state index contributed by atoms with van der Waals surface area (Å²) in [7, 11) is 0. The molecular weight excluding hydrogens is 294 g/mol. The standard InChI is InChI=1S/C17H21N3O3/c1-13-3-4-15(22-13)10-20-11-17(12-20)9-14(5-8-21-17)23-16-18-6-2-7-19-16/h2-4,6-7,14H,5,8-12H2,1H3/t14-/m0/s1. The Morgan fingerprint density at radius 3 is 2.87 bits per heavy atom. The summed E-state index contributed by atoms with van der Waals surface area (Å²) in [4.78, 5) is 10.6. The molecule has 4 rings (SSSR count). The highest BCUT2D eigenvalue weighted by Gasteiger charge is 2.48. The zero-order valence-corrected chi connectivity index (χ0v) is 13.3. The van der Waals surface area contributed by atoms with Crippen LogP contribution >= 0.6 is 0 Å². The Balaban J connectivity index is 1.32. The average Bonchev–Trinajstić information content (AvgIpc) is 2.92. The van der Waals surface area contributed by atoms with Gasteiger partial charge in [0, 0.05) is 38.3 Å². The Morgan fingerprint density at radius 1 is 1.30 bits per heavy atom. The maximum Gasteiger partial charge on any atom is 0.316 e. The summed E-state index contributed by atoms with van der Waals surface area (Å²) in [6.07, 6.45) is 5.30. The van der Waals surface area contributed by atoms with Crippen LogP contribution in [0.2, 0.25) is 0 Å². The molecular formula is C17H21N3O3. The van der Waals surface area contributed by atoms with Crippen LogP contribution < -0.4 is 4.74 Å². The van der Waals surface area contributed by atoms with Gasteiger partial charge < -0.3 is 13.9 Å². The maximum absolute atomic E-state index is 6.05. The van der Waals surface area contributed by atoms with Gasteiger partial charge in [-0.2, -0.15) is 0 Å². The SMILES string of the molecule is Cc1ccc(CN2CC3(C[C@@H](Oc4ncccn4)CCO3)C2)o1. The summed E-state index contributed by atoms with van der Waals surface area (Å²) in [5, 5.41) is 0. The molecule has 2 aliphatic rings. The Hall–Kier alpha value is -1.92. The summed E-state index contributed by atoms with van der Waals surface area (Å²) in [6.45, 7) is 5.38. The van der Waals surface area contributed by atoms with Crippen LogP contribution in [-0.2, 0) is 11.3 Å². The van der Waals surface area contributed by atoms with Crippen molar-refractivity contribution in [2.45, 2.75) is 38.0 Å². The normalized spacial score (nSPS) is 23.6. The molecule has 2 aliphatic heterocycles. The zero-order chi connectivity index (χ0) is 15.7. The Labute approximate surface area is 135 Å². The topological polar surface area (TPSA) is 60.6 Å². The molecule has 23 heavy (non-hydrogen) atoms. The van der Waals surface area contributed by atoms with Crippen molar-refractivity contribution < 1.29 is 13.9 Å². The van der Waals surface area contributed by atoms with Gasteiger partial charge in [-0.3, -0.25) is 4.90 Å². The zero-order valence-electron chi connectivity index (χ0n) is 13.3. The van der Waals surface area contributed by atoms with Gasteiger partial charge in [0.05, 0.1) is 18.8 Å². The smallest absolute Gasteiger partial charge is 0.316 e. The van der Waals surface area contributed by atoms with Crippen LogP contribution in [-0.4, -0.2) is 46.3 Å². The van der Waals surface area contributed by atoms with Gasteiger partial charge in [-0.05, 0) is 25.1 Å². The lowest BCUT2D eigenvalue weighted by molar-refractivity contribution is -0.189. The van der Waals surface area contributed by atoms with Gasteiger partial charge >= 0.3 is 6.01 Å². The number of rotatable bonds is 4. The van der Waals surface area contributed by atoms with Crippen molar-refractivity contribution in [3.8, 4) is 6.01 Å². The minimum absolute atomic E-state index is 0.0840. The van der Waals surface area contributed by atoms with Crippen LogP contribution in [0.25, 0.3) is 0 Å². The van der Waals surface area contributed by atoms with Gasteiger partial charge in [0.15, 0.2) is 0 Å². The fourth-order valence-corrected chi connectivity index (χ4v) is 3.47. The van der Waals surface area contributed by atoms with Crippen LogP contribution in [0.5, 0.6) is 6.01 Å². The van der Waals surface area contributed by atoms with E-state index in [1.54, 1.807) is 18.5 Å². The molecule has 1 spiro atoms. The molecule has 2 aromatic rings. The minimum atomic E-state index is -0.0840. The number of ether oxygens (including phenoxy) is 2. The predicted molar refractivity (Wildman–Crippen MR) is 83.1 cm³/mol. The molecule has 2 aromatic heterocycles. The van der Waals surface area contributed by atoms with Crippen molar-refractivity contribution in [2.75, 3.05) is 19.7 Å². The Morgan fingerprint density at radius 2 is 2.13 bits per heavy atom. The van der Waals surface area contributed by atoms with E-state index in [1.807, 2.05) is 19.1 Å². The molecule has 2 fully saturated rings. The summed E-state index contributed by atoms with van der Waals surface area (Å²) in [5.74, 6) is 1.97. The second kappa shape index (κ2) is 5.94. The van der Waals surface area contributed by atoms with Gasteiger partial charge in [-0.1, -0.05) is 0 Å². The molecule has 0 aliphatic carbocycles. The molecule has 0 aromatic carbocycles. The number of aryl methyl sites for hydroxylation is 1. The highest BCUT2D eigenvalue weighted by Crippen LogP contribution is 2.36. The van der Waals surface area contributed by atoms with Crippen molar-refractivity contribution in [1.29, 1.82) is 0 Å². The molecule has 1 atom stereocenters. The first kappa shape index (κ1) is 14.7. The number of furan rings is 1. The van der Waals surface area contributed by atoms with E-state index in [0.29, 0.717) is 6.01 Å². The van der Waals surface area contributed by atoms with Gasteiger partial charge in [0.25, 0.3) is 0 Å². The van der Waals surface area contributed by atoms with E-state index in [9.17, 15) is 0 Å². The highest BCUT2D eigenvalue weighted by atomic mass is 16.5. The van der Waals surface area contributed by atoms with Crippen molar-refractivity contribution in [3.05, 3.63) is 42.1 Å². The Kier molecular flexibility index (Phi) is 3.79. The first-order chi connectivity index (χ1) is 11.2. The molecule has 6 nitrogen and oxygen atoms in total. The van der Waals surface area contributed by atoms with Crippen LogP contribution in [0.15, 0.2) is 35.0 Å². The minimum Gasteiger partial charge on any atom is -0.465 e. The lowest BCUT2D eigenvalue weighted by Crippen LogP contribution is -2.65. The first-order valence-electron chi connectivity index (χ1n) is 8.06. The van der Waals surface area contributed by atoms with E-state index < -0.39 is 0 Å². The van der Waals surface area contributed by atoms with E-state index in [4.69, 9.17) is 13.9 Å². The van der Waals surface area contributed by atoms with E-state index in [2.05, 4.69) is 14.9 Å². The maximum atomic E-state index is 6.05. The second-order valence-corrected chi connectivity index (χ2v) is 6.45. The molecule has 0 saturated carbocycles. The quantitative estimate of drug-likeness (QED) is 0.862. The van der Waals surface area contributed by atoms with Crippen LogP contribution in [0.1, 0.15) is 24.4 Å². The fourth-order valence-electron chi connectivity index (χ4n) is 3.47. The average molecular weight is 315 g/mol. The molecule has 2 saturated heterocycles. The molecule has 0 bridgehead atoms. The molecule has 6 heteroatoms. The molecule has 0 N–H and O–H groups in total. The third kappa shape index (κ3) is 3.23. The van der Waals surface area contributed by atoms with Crippen LogP contribution in [0.4, 0.5) is 0 Å². The molecule has 0 radical (unpaired) electrons. The monoisotopic (exact) mass is 315 g/mol. The van der Waals surface area contributed by atoms with Crippen LogP contribution in [0.3, 0.4) is 0 Å². The van der Waals surface area contributed by atoms with Gasteiger partial charge in [0.1, 0.15) is 17.6 Å². The number of hydrogen-bond acceptors (Lipinski definition) is 6. The third-order valence-electron chi connectivity index (χ3n) is 4.46. The summed E-state index contributed by atoms with van der Waals surface area (Å²) < 4.78 is 17.6. The number of aromatic nitrogens is 2.